The quantitative estimate of drug-likeness (QED) is 0.0420. The first-order chi connectivity index (χ1) is 33.1. The van der Waals surface area contributed by atoms with E-state index in [1.54, 1.807) is 29.0 Å². The Morgan fingerprint density at radius 2 is 1.75 bits per heavy atom. The molecule has 6 rings (SSSR count). The second-order valence-corrected chi connectivity index (χ2v) is 19.8. The van der Waals surface area contributed by atoms with E-state index in [0.717, 1.165) is 72.2 Å². The van der Waals surface area contributed by atoms with Gasteiger partial charge in [0.1, 0.15) is 28.0 Å². The van der Waals surface area contributed by atoms with Crippen LogP contribution < -0.4 is 30.5 Å². The minimum Gasteiger partial charge on any atom is -0.479 e. The van der Waals surface area contributed by atoms with Gasteiger partial charge in [-0.25, -0.2) is 18.3 Å². The van der Waals surface area contributed by atoms with Gasteiger partial charge in [-0.15, -0.1) is 11.3 Å². The summed E-state index contributed by atoms with van der Waals surface area (Å²) in [6.07, 6.45) is 5.30. The van der Waals surface area contributed by atoms with Crippen LogP contribution in [0.4, 0.5) is 31.9 Å². The molecule has 2 atom stereocenters. The molecule has 372 valence electrons. The maximum absolute atomic E-state index is 15.2. The summed E-state index contributed by atoms with van der Waals surface area (Å²) in [6.45, 7) is 5.47. The van der Waals surface area contributed by atoms with Crippen molar-refractivity contribution in [3.05, 3.63) is 87.5 Å². The number of anilines is 4. The Bertz CT molecular complexity index is 2450. The molecule has 0 spiro atoms. The summed E-state index contributed by atoms with van der Waals surface area (Å²) in [5.41, 5.74) is 4.76. The van der Waals surface area contributed by atoms with E-state index in [4.69, 9.17) is 26.6 Å². The van der Waals surface area contributed by atoms with Crippen LogP contribution in [-0.2, 0) is 24.9 Å². The van der Waals surface area contributed by atoms with E-state index in [1.807, 2.05) is 61.5 Å². The minimum absolute atomic E-state index is 0.0643. The maximum Gasteiger partial charge on any atom is 0.341 e. The molecule has 2 unspecified atom stereocenters. The predicted octanol–water partition coefficient (Wildman–Crippen LogP) is 8.13. The van der Waals surface area contributed by atoms with Gasteiger partial charge in [-0.3, -0.25) is 14.4 Å². The van der Waals surface area contributed by atoms with Crippen molar-refractivity contribution in [1.82, 2.24) is 14.5 Å². The van der Waals surface area contributed by atoms with Gasteiger partial charge < -0.3 is 50.4 Å². The Balaban J connectivity index is 0.00000438. The third-order valence-electron chi connectivity index (χ3n) is 12.1. The number of carboxylic acid groups (broad SMARTS) is 1. The normalized spacial score (nSPS) is 16.2. The third-order valence-corrected chi connectivity index (χ3v) is 15.2. The second kappa shape index (κ2) is 25.2. The molecular formula is C49H61ClFN7O9S2. The Hall–Kier alpha value is -5.73. The first kappa shape index (κ1) is 54.2. The van der Waals surface area contributed by atoms with Gasteiger partial charge in [-0.2, -0.15) is 0 Å². The van der Waals surface area contributed by atoms with Crippen molar-refractivity contribution >= 4 is 94.5 Å². The Morgan fingerprint density at radius 3 is 2.39 bits per heavy atom. The lowest BCUT2D eigenvalue weighted by Gasteiger charge is -2.45. The van der Waals surface area contributed by atoms with Crippen LogP contribution >= 0.6 is 34.9 Å². The molecule has 20 heteroatoms. The number of urea groups is 1. The summed E-state index contributed by atoms with van der Waals surface area (Å²) in [5, 5.41) is 25.3. The summed E-state index contributed by atoms with van der Waals surface area (Å²) in [7, 11) is 6.21. The number of benzene rings is 3. The summed E-state index contributed by atoms with van der Waals surface area (Å²) < 4.78 is 22.9. The van der Waals surface area contributed by atoms with Crippen molar-refractivity contribution in [2.75, 3.05) is 74.9 Å². The van der Waals surface area contributed by atoms with Gasteiger partial charge in [-0.05, 0) is 105 Å². The lowest BCUT2D eigenvalue weighted by atomic mass is 9.88. The number of aliphatic hydroxyl groups excluding tert-OH is 1. The lowest BCUT2D eigenvalue weighted by Crippen LogP contribution is -2.49. The molecular weight excluding hydrogens is 949 g/mol. The molecule has 1 aromatic heterocycles. The molecule has 4 aromatic rings. The van der Waals surface area contributed by atoms with Gasteiger partial charge in [0, 0.05) is 77.3 Å². The average molecular weight is 1010 g/mol. The summed E-state index contributed by atoms with van der Waals surface area (Å²) in [4.78, 5) is 78.3. The number of carbonyl (C=O) groups excluding carboxylic acids is 5. The molecule has 69 heavy (non-hydrogen) atoms. The number of likely N-dealkylation sites (N-methyl/N-ethyl adjacent to an activating group) is 1. The number of aliphatic hydroxyl groups is 1. The lowest BCUT2D eigenvalue weighted by molar-refractivity contribution is -0.139. The number of halogens is 2. The maximum atomic E-state index is 15.2. The molecule has 4 amide bonds. The van der Waals surface area contributed by atoms with Crippen LogP contribution in [0.1, 0.15) is 79.1 Å². The average Bonchev–Trinajstić information content (AvgIpc) is 3.67. The fraction of sp³-hybridized carbons (Fsp3) is 0.429. The van der Waals surface area contributed by atoms with E-state index in [-0.39, 0.29) is 63.6 Å². The Kier molecular flexibility index (Phi) is 19.8. The van der Waals surface area contributed by atoms with Gasteiger partial charge in [-0.1, -0.05) is 47.8 Å². The number of nitrogens with one attached hydrogen (secondary N) is 3. The number of hydrogen-bond donors (Lipinski definition) is 5. The van der Waals surface area contributed by atoms with Gasteiger partial charge in [0.15, 0.2) is 18.6 Å². The van der Waals surface area contributed by atoms with Crippen LogP contribution in [0, 0.1) is 5.82 Å². The van der Waals surface area contributed by atoms with Crippen molar-refractivity contribution in [2.45, 2.75) is 81.7 Å². The van der Waals surface area contributed by atoms with E-state index >= 15 is 4.39 Å². The number of nitrogens with zero attached hydrogens (tertiary/aromatic N) is 4. The van der Waals surface area contributed by atoms with E-state index in [9.17, 15) is 28.8 Å². The van der Waals surface area contributed by atoms with Crippen LogP contribution in [0.25, 0.3) is 10.4 Å². The van der Waals surface area contributed by atoms with E-state index in [2.05, 4.69) is 34.1 Å². The Morgan fingerprint density at radius 1 is 1.01 bits per heavy atom. The van der Waals surface area contributed by atoms with Crippen LogP contribution in [0.5, 0.6) is 5.75 Å². The van der Waals surface area contributed by atoms with Crippen molar-refractivity contribution in [2.24, 2.45) is 0 Å². The van der Waals surface area contributed by atoms with Crippen LogP contribution in [0.2, 0.25) is 5.02 Å². The monoisotopic (exact) mass is 1010 g/mol. The minimum atomic E-state index is -1.17. The SMILES string of the molecule is CNC(=O)C(CCC=O)N(C=O)c1ccc(C2CCN(C(=O)Nc3cc(CSN4CCC(Nc5cccc(-c6sc(C=O)c(OCC(=O)O)c6Cl)c5)CC4(C)C)ccc3F)CC2)cc1N(C)C.CO. The smallest absolute Gasteiger partial charge is 0.341 e. The number of ether oxygens (including phenoxy) is 1. The number of aliphatic carboxylic acids is 1. The number of aldehydes is 2. The number of hydrogen-bond acceptors (Lipinski definition) is 13. The molecule has 3 heterocycles. The zero-order valence-electron chi connectivity index (χ0n) is 39.6. The predicted molar refractivity (Wildman–Crippen MR) is 272 cm³/mol. The third kappa shape index (κ3) is 13.7. The molecule has 16 nitrogen and oxygen atoms in total. The zero-order valence-corrected chi connectivity index (χ0v) is 42.0. The number of thiophene rings is 1. The standard InChI is InChI=1S/C48H57ClFN7O8S2.CH4O/c1-48(2)25-35(52-34-9-6-8-33(23-34)45-43(49)44(41(26-59)67-45)65-27-42(61)62)17-20-57(48)66-28-30-11-13-36(50)37(22-30)53-47(64)55-18-15-31(16-19-55)32-12-14-38(40(24-32)54(4)5)56(29-60)39(10-7-21-58)46(63)51-3;1-2/h6,8-9,11-14,21-24,26,29,31,35,39,52H,7,10,15-20,25,27-28H2,1-5H3,(H,51,63)(H,53,64)(H,61,62);2H,1H3. The summed E-state index contributed by atoms with van der Waals surface area (Å²) in [6, 6.07) is 17.2. The number of piperidine rings is 2. The summed E-state index contributed by atoms with van der Waals surface area (Å²) >= 11 is 9.39. The number of carboxylic acids is 1. The fourth-order valence-electron chi connectivity index (χ4n) is 8.65. The van der Waals surface area contributed by atoms with E-state index in [0.29, 0.717) is 54.9 Å². The van der Waals surface area contributed by atoms with Gasteiger partial charge in [0.2, 0.25) is 12.3 Å². The summed E-state index contributed by atoms with van der Waals surface area (Å²) in [5.74, 6) is -1.29. The highest BCUT2D eigenvalue weighted by Crippen LogP contribution is 2.46. The van der Waals surface area contributed by atoms with Crippen LogP contribution in [0.15, 0.2) is 60.7 Å². The van der Waals surface area contributed by atoms with Crippen molar-refractivity contribution < 1.29 is 48.1 Å². The largest absolute Gasteiger partial charge is 0.479 e. The number of carbonyl (C=O) groups is 6. The molecule has 2 saturated heterocycles. The molecule has 0 bridgehead atoms. The fourth-order valence-corrected chi connectivity index (χ4v) is 11.2. The van der Waals surface area contributed by atoms with Gasteiger partial charge in [0.05, 0.1) is 21.9 Å². The Labute approximate surface area is 415 Å². The van der Waals surface area contributed by atoms with E-state index in [1.165, 1.54) is 18.0 Å². The second-order valence-electron chi connectivity index (χ2n) is 17.4. The topological polar surface area (TPSA) is 201 Å². The first-order valence-electron chi connectivity index (χ1n) is 22.5. The highest BCUT2D eigenvalue weighted by Gasteiger charge is 2.36. The molecule has 2 aliphatic rings. The number of rotatable bonds is 20. The first-order valence-corrected chi connectivity index (χ1v) is 24.6. The molecule has 3 aromatic carbocycles. The van der Waals surface area contributed by atoms with Crippen LogP contribution in [0.3, 0.4) is 0 Å². The molecule has 0 saturated carbocycles. The molecule has 2 aliphatic heterocycles. The van der Waals surface area contributed by atoms with Crippen molar-refractivity contribution in [1.29, 1.82) is 0 Å². The molecule has 5 N–H and O–H groups in total. The van der Waals surface area contributed by atoms with Gasteiger partial charge in [0.25, 0.3) is 0 Å². The zero-order chi connectivity index (χ0) is 50.4. The van der Waals surface area contributed by atoms with Crippen molar-refractivity contribution in [3.63, 3.8) is 0 Å². The number of amides is 4. The molecule has 0 radical (unpaired) electrons. The van der Waals surface area contributed by atoms with Gasteiger partial charge >= 0.3 is 12.0 Å². The molecule has 0 aliphatic carbocycles. The van der Waals surface area contributed by atoms with Crippen molar-refractivity contribution in [3.8, 4) is 16.2 Å². The van der Waals surface area contributed by atoms with Crippen LogP contribution in [-0.4, -0.2) is 128 Å². The highest BCUT2D eigenvalue weighted by atomic mass is 35.5. The molecule has 2 fully saturated rings. The highest BCUT2D eigenvalue weighted by molar-refractivity contribution is 7.96. The van der Waals surface area contributed by atoms with E-state index < -0.39 is 24.4 Å². The number of likely N-dealkylation sites (tertiary alicyclic amines) is 1.